The molecule has 0 aromatic heterocycles. The molecule has 0 amide bonds. The first-order valence-electron chi connectivity index (χ1n) is 6.59. The quantitative estimate of drug-likeness (QED) is 0.759. The Labute approximate surface area is 93.0 Å². The van der Waals surface area contributed by atoms with Crippen LogP contribution < -0.4 is 0 Å². The molecule has 2 fully saturated rings. The highest BCUT2D eigenvalue weighted by molar-refractivity contribution is 4.82. The van der Waals surface area contributed by atoms with Crippen molar-refractivity contribution in [3.8, 4) is 0 Å². The molecule has 3 unspecified atom stereocenters. The molecule has 0 spiro atoms. The van der Waals surface area contributed by atoms with Crippen molar-refractivity contribution in [1.82, 2.24) is 0 Å². The maximum Gasteiger partial charge on any atom is 0.0836 e. The lowest BCUT2D eigenvalue weighted by molar-refractivity contribution is -0.0750. The number of aliphatic hydroxyl groups is 1. The first kappa shape index (κ1) is 11.4. The summed E-state index contributed by atoms with van der Waals surface area (Å²) in [6.07, 6.45) is 8.39. The molecule has 2 heteroatoms. The molecule has 0 saturated heterocycles. The number of ether oxygens (including phenoxy) is 1. The fourth-order valence-electron chi connectivity index (χ4n) is 2.59. The molecule has 1 N–H and O–H groups in total. The zero-order chi connectivity index (χ0) is 10.7. The molecule has 0 bridgehead atoms. The van der Waals surface area contributed by atoms with Gasteiger partial charge < -0.3 is 9.84 Å². The fraction of sp³-hybridized carbons (Fsp3) is 1.00. The SMILES string of the molecule is CCCC1CCC(O)C(OCC2CC2)C1. The second kappa shape index (κ2) is 5.31. The smallest absolute Gasteiger partial charge is 0.0836 e. The van der Waals surface area contributed by atoms with Crippen molar-refractivity contribution in [2.75, 3.05) is 6.61 Å². The number of aliphatic hydroxyl groups excluding tert-OH is 1. The Balaban J connectivity index is 1.73. The van der Waals surface area contributed by atoms with Gasteiger partial charge >= 0.3 is 0 Å². The Bertz CT molecular complexity index is 189. The third-order valence-electron chi connectivity index (χ3n) is 3.81. The predicted molar refractivity (Wildman–Crippen MR) is 60.7 cm³/mol. The molecular formula is C13H24O2. The number of rotatable bonds is 5. The summed E-state index contributed by atoms with van der Waals surface area (Å²) >= 11 is 0. The lowest BCUT2D eigenvalue weighted by atomic mass is 9.83. The summed E-state index contributed by atoms with van der Waals surface area (Å²) in [4.78, 5) is 0. The van der Waals surface area contributed by atoms with E-state index in [-0.39, 0.29) is 12.2 Å². The van der Waals surface area contributed by atoms with Crippen LogP contribution in [0.4, 0.5) is 0 Å². The average molecular weight is 212 g/mol. The van der Waals surface area contributed by atoms with Gasteiger partial charge in [0, 0.05) is 6.61 Å². The molecule has 2 aliphatic carbocycles. The first-order valence-corrected chi connectivity index (χ1v) is 6.59. The summed E-state index contributed by atoms with van der Waals surface area (Å²) in [5, 5.41) is 9.86. The molecule has 0 heterocycles. The van der Waals surface area contributed by atoms with Gasteiger partial charge in [0.15, 0.2) is 0 Å². The van der Waals surface area contributed by atoms with Gasteiger partial charge in [-0.1, -0.05) is 19.8 Å². The van der Waals surface area contributed by atoms with Gasteiger partial charge in [-0.05, 0) is 43.9 Å². The van der Waals surface area contributed by atoms with E-state index in [1.807, 2.05) is 0 Å². The molecule has 2 rings (SSSR count). The molecule has 88 valence electrons. The minimum atomic E-state index is -0.197. The van der Waals surface area contributed by atoms with Crippen LogP contribution >= 0.6 is 0 Å². The summed E-state index contributed by atoms with van der Waals surface area (Å²) in [5.41, 5.74) is 0. The monoisotopic (exact) mass is 212 g/mol. The number of hydrogen-bond acceptors (Lipinski definition) is 2. The van der Waals surface area contributed by atoms with E-state index >= 15 is 0 Å². The summed E-state index contributed by atoms with van der Waals surface area (Å²) in [7, 11) is 0. The van der Waals surface area contributed by atoms with E-state index in [1.54, 1.807) is 0 Å². The van der Waals surface area contributed by atoms with Gasteiger partial charge in [0.05, 0.1) is 12.2 Å². The molecule has 0 aromatic rings. The normalized spacial score (nSPS) is 36.8. The van der Waals surface area contributed by atoms with Crippen molar-refractivity contribution in [2.24, 2.45) is 11.8 Å². The van der Waals surface area contributed by atoms with Crippen LogP contribution in [0.5, 0.6) is 0 Å². The van der Waals surface area contributed by atoms with Crippen LogP contribution in [0.25, 0.3) is 0 Å². The molecule has 0 aliphatic heterocycles. The van der Waals surface area contributed by atoms with Crippen LogP contribution in [-0.4, -0.2) is 23.9 Å². The minimum absolute atomic E-state index is 0.135. The second-order valence-electron chi connectivity index (χ2n) is 5.35. The molecule has 3 atom stereocenters. The van der Waals surface area contributed by atoms with E-state index in [2.05, 4.69) is 6.92 Å². The number of hydrogen-bond donors (Lipinski definition) is 1. The predicted octanol–water partition coefficient (Wildman–Crippen LogP) is 2.74. The van der Waals surface area contributed by atoms with E-state index in [4.69, 9.17) is 4.74 Å². The van der Waals surface area contributed by atoms with E-state index < -0.39 is 0 Å². The van der Waals surface area contributed by atoms with Crippen molar-refractivity contribution < 1.29 is 9.84 Å². The van der Waals surface area contributed by atoms with Gasteiger partial charge in [-0.15, -0.1) is 0 Å². The van der Waals surface area contributed by atoms with Gasteiger partial charge in [-0.3, -0.25) is 0 Å². The van der Waals surface area contributed by atoms with Crippen LogP contribution in [0, 0.1) is 11.8 Å². The summed E-state index contributed by atoms with van der Waals surface area (Å²) < 4.78 is 5.85. The van der Waals surface area contributed by atoms with Gasteiger partial charge in [-0.2, -0.15) is 0 Å². The van der Waals surface area contributed by atoms with E-state index in [0.29, 0.717) is 0 Å². The molecule has 0 aromatic carbocycles. The molecule has 2 aliphatic rings. The largest absolute Gasteiger partial charge is 0.390 e. The van der Waals surface area contributed by atoms with Gasteiger partial charge in [-0.25, -0.2) is 0 Å². The third-order valence-corrected chi connectivity index (χ3v) is 3.81. The lowest BCUT2D eigenvalue weighted by Crippen LogP contribution is -2.36. The van der Waals surface area contributed by atoms with E-state index in [9.17, 15) is 5.11 Å². The van der Waals surface area contributed by atoms with Gasteiger partial charge in [0.25, 0.3) is 0 Å². The molecule has 2 saturated carbocycles. The highest BCUT2D eigenvalue weighted by Crippen LogP contribution is 2.33. The topological polar surface area (TPSA) is 29.5 Å². The zero-order valence-corrected chi connectivity index (χ0v) is 9.82. The Kier molecular flexibility index (Phi) is 4.04. The van der Waals surface area contributed by atoms with Gasteiger partial charge in [0.1, 0.15) is 0 Å². The van der Waals surface area contributed by atoms with Crippen molar-refractivity contribution in [3.05, 3.63) is 0 Å². The van der Waals surface area contributed by atoms with Crippen molar-refractivity contribution in [3.63, 3.8) is 0 Å². The standard InChI is InChI=1S/C13H24O2/c1-2-3-10-6-7-12(14)13(8-10)15-9-11-4-5-11/h10-14H,2-9H2,1H3. The van der Waals surface area contributed by atoms with E-state index in [0.717, 1.165) is 31.3 Å². The van der Waals surface area contributed by atoms with Crippen LogP contribution in [-0.2, 0) is 4.74 Å². The molecule has 2 nitrogen and oxygen atoms in total. The maximum atomic E-state index is 9.86. The van der Waals surface area contributed by atoms with Gasteiger partial charge in [0.2, 0.25) is 0 Å². The van der Waals surface area contributed by atoms with Crippen molar-refractivity contribution >= 4 is 0 Å². The molecule has 15 heavy (non-hydrogen) atoms. The summed E-state index contributed by atoms with van der Waals surface area (Å²) in [6.45, 7) is 3.13. The van der Waals surface area contributed by atoms with Crippen LogP contribution in [0.15, 0.2) is 0 Å². The lowest BCUT2D eigenvalue weighted by Gasteiger charge is -2.33. The fourth-order valence-corrected chi connectivity index (χ4v) is 2.59. The highest BCUT2D eigenvalue weighted by Gasteiger charge is 2.31. The molecular weight excluding hydrogens is 188 g/mol. The minimum Gasteiger partial charge on any atom is -0.390 e. The Hall–Kier alpha value is -0.0800. The first-order chi connectivity index (χ1) is 7.29. The van der Waals surface area contributed by atoms with Crippen LogP contribution in [0.2, 0.25) is 0 Å². The Morgan fingerprint density at radius 3 is 2.53 bits per heavy atom. The van der Waals surface area contributed by atoms with Crippen molar-refractivity contribution in [2.45, 2.75) is 64.1 Å². The van der Waals surface area contributed by atoms with Crippen molar-refractivity contribution in [1.29, 1.82) is 0 Å². The highest BCUT2D eigenvalue weighted by atomic mass is 16.5. The Morgan fingerprint density at radius 1 is 1.13 bits per heavy atom. The average Bonchev–Trinajstić information content (AvgIpc) is 3.03. The maximum absolute atomic E-state index is 9.86. The molecule has 0 radical (unpaired) electrons. The second-order valence-corrected chi connectivity index (χ2v) is 5.35. The van der Waals surface area contributed by atoms with Crippen LogP contribution in [0.1, 0.15) is 51.9 Å². The van der Waals surface area contributed by atoms with E-state index in [1.165, 1.54) is 32.1 Å². The third kappa shape index (κ3) is 3.46. The Morgan fingerprint density at radius 2 is 1.87 bits per heavy atom. The summed E-state index contributed by atoms with van der Waals surface area (Å²) in [5.74, 6) is 1.60. The van der Waals surface area contributed by atoms with Crippen LogP contribution in [0.3, 0.4) is 0 Å². The summed E-state index contributed by atoms with van der Waals surface area (Å²) in [6, 6.07) is 0. The zero-order valence-electron chi connectivity index (χ0n) is 9.82.